The number of primary amides is 1. The smallest absolute Gasteiger partial charge is 0.405 e. The number of aryl methyl sites for hydroxylation is 1. The Kier molecular flexibility index (Phi) is 3.36. The highest BCUT2D eigenvalue weighted by atomic mass is 16.7. The summed E-state index contributed by atoms with van der Waals surface area (Å²) in [5.74, 6) is 0.340. The highest BCUT2D eigenvalue weighted by Crippen LogP contribution is 2.65. The summed E-state index contributed by atoms with van der Waals surface area (Å²) in [5, 5.41) is 0. The van der Waals surface area contributed by atoms with Crippen molar-refractivity contribution in [3.05, 3.63) is 35.9 Å². The van der Waals surface area contributed by atoms with Gasteiger partial charge in [-0.15, -0.1) is 0 Å². The van der Waals surface area contributed by atoms with Gasteiger partial charge in [0.2, 0.25) is 5.91 Å². The van der Waals surface area contributed by atoms with Crippen LogP contribution in [0.15, 0.2) is 30.3 Å². The lowest BCUT2D eigenvalue weighted by atomic mass is 9.42. The third kappa shape index (κ3) is 2.09. The fourth-order valence-corrected chi connectivity index (χ4v) is 5.06. The van der Waals surface area contributed by atoms with Crippen molar-refractivity contribution in [3.8, 4) is 0 Å². The minimum absolute atomic E-state index is 0.0967. The second kappa shape index (κ2) is 5.08. The van der Waals surface area contributed by atoms with Gasteiger partial charge in [0.1, 0.15) is 0 Å². The number of hydrogen-bond acceptors (Lipinski definition) is 3. The maximum absolute atomic E-state index is 12.0. The number of nitrogens with two attached hydrogens (primary N) is 1. The molecular formula is C18H24BNO3. The van der Waals surface area contributed by atoms with Crippen LogP contribution in [0.4, 0.5) is 0 Å². The van der Waals surface area contributed by atoms with Crippen LogP contribution in [-0.4, -0.2) is 24.7 Å². The molecule has 0 spiro atoms. The van der Waals surface area contributed by atoms with Crippen LogP contribution in [-0.2, 0) is 20.5 Å². The van der Waals surface area contributed by atoms with E-state index in [0.717, 1.165) is 25.6 Å². The molecule has 1 aromatic rings. The zero-order chi connectivity index (χ0) is 16.2. The highest BCUT2D eigenvalue weighted by Gasteiger charge is 2.71. The summed E-state index contributed by atoms with van der Waals surface area (Å²) in [5.41, 5.74) is 6.19. The summed E-state index contributed by atoms with van der Waals surface area (Å²) in [7, 11) is -0.179. The molecule has 4 aliphatic rings. The molecule has 23 heavy (non-hydrogen) atoms. The van der Waals surface area contributed by atoms with Gasteiger partial charge in [0.25, 0.3) is 0 Å². The molecule has 3 saturated carbocycles. The number of benzene rings is 1. The summed E-state index contributed by atoms with van der Waals surface area (Å²) in [6, 6.07) is 10.4. The van der Waals surface area contributed by atoms with E-state index in [1.165, 1.54) is 5.56 Å². The summed E-state index contributed by atoms with van der Waals surface area (Å²) >= 11 is 0. The maximum atomic E-state index is 12.0. The zero-order valence-electron chi connectivity index (χ0n) is 13.8. The standard InChI is InChI=1S/C18H24BNO3/c1-17(16(20)21)13-10-14(17)18(2)15(11-13)22-19(23-18)9-8-12-6-4-3-5-7-12/h3-7,13-15H,8-11H2,1-2H3,(H2,20,21)/t13-,14-,15+,17+,18-/m0/s1. The average Bonchev–Trinajstić information content (AvgIpc) is 2.88. The molecule has 5 rings (SSSR count). The van der Waals surface area contributed by atoms with Crippen LogP contribution in [0.25, 0.3) is 0 Å². The Morgan fingerprint density at radius 2 is 2.04 bits per heavy atom. The van der Waals surface area contributed by atoms with Crippen LogP contribution in [0.3, 0.4) is 0 Å². The van der Waals surface area contributed by atoms with Gasteiger partial charge in [-0.3, -0.25) is 4.79 Å². The zero-order valence-corrected chi connectivity index (χ0v) is 13.8. The maximum Gasteiger partial charge on any atom is 0.457 e. The number of carbonyl (C=O) groups is 1. The van der Waals surface area contributed by atoms with Crippen LogP contribution in [0.1, 0.15) is 32.3 Å². The third-order valence-electron chi connectivity index (χ3n) is 6.67. The molecule has 5 atom stereocenters. The number of carbonyl (C=O) groups excluding carboxylic acids is 1. The molecular weight excluding hydrogens is 289 g/mol. The first kappa shape index (κ1) is 15.2. The molecule has 1 aromatic carbocycles. The minimum atomic E-state index is -0.428. The Morgan fingerprint density at radius 1 is 1.30 bits per heavy atom. The Labute approximate surface area is 137 Å². The van der Waals surface area contributed by atoms with Crippen molar-refractivity contribution in [1.82, 2.24) is 0 Å². The van der Waals surface area contributed by atoms with Crippen LogP contribution in [0.2, 0.25) is 6.32 Å². The van der Waals surface area contributed by atoms with E-state index in [1.807, 2.05) is 13.0 Å². The van der Waals surface area contributed by atoms with E-state index >= 15 is 0 Å². The van der Waals surface area contributed by atoms with Gasteiger partial charge in [0.05, 0.1) is 17.1 Å². The van der Waals surface area contributed by atoms with Gasteiger partial charge in [-0.25, -0.2) is 0 Å². The molecule has 4 fully saturated rings. The van der Waals surface area contributed by atoms with E-state index in [-0.39, 0.29) is 30.6 Å². The van der Waals surface area contributed by atoms with E-state index < -0.39 is 5.41 Å². The molecule has 1 aliphatic heterocycles. The molecule has 2 bridgehead atoms. The van der Waals surface area contributed by atoms with Crippen LogP contribution >= 0.6 is 0 Å². The Hall–Kier alpha value is -1.33. The largest absolute Gasteiger partial charge is 0.457 e. The minimum Gasteiger partial charge on any atom is -0.405 e. The number of hydrogen-bond donors (Lipinski definition) is 1. The molecule has 1 saturated heterocycles. The van der Waals surface area contributed by atoms with Crippen molar-refractivity contribution in [1.29, 1.82) is 0 Å². The SMILES string of the molecule is C[C@@]12OB(CCc3ccccc3)O[C@@H]1C[C@@H]1C[C@H]2[C@]1(C)C(N)=O. The molecule has 122 valence electrons. The Morgan fingerprint density at radius 3 is 2.74 bits per heavy atom. The van der Waals surface area contributed by atoms with Crippen molar-refractivity contribution >= 4 is 13.0 Å². The van der Waals surface area contributed by atoms with Gasteiger partial charge >= 0.3 is 7.12 Å². The van der Waals surface area contributed by atoms with Gasteiger partial charge in [-0.1, -0.05) is 37.3 Å². The van der Waals surface area contributed by atoms with E-state index in [4.69, 9.17) is 15.0 Å². The number of rotatable bonds is 4. The van der Waals surface area contributed by atoms with Gasteiger partial charge < -0.3 is 15.0 Å². The quantitative estimate of drug-likeness (QED) is 0.868. The monoisotopic (exact) mass is 313 g/mol. The fourth-order valence-electron chi connectivity index (χ4n) is 5.06. The summed E-state index contributed by atoms with van der Waals surface area (Å²) in [4.78, 5) is 12.0. The molecule has 1 amide bonds. The van der Waals surface area contributed by atoms with Gasteiger partial charge in [0, 0.05) is 5.92 Å². The summed E-state index contributed by atoms with van der Waals surface area (Å²) < 4.78 is 12.5. The van der Waals surface area contributed by atoms with E-state index in [0.29, 0.717) is 5.92 Å². The van der Waals surface area contributed by atoms with Crippen molar-refractivity contribution < 1.29 is 14.1 Å². The summed E-state index contributed by atoms with van der Waals surface area (Å²) in [6.45, 7) is 4.12. The number of amides is 1. The lowest BCUT2D eigenvalue weighted by Crippen LogP contribution is -2.70. The normalized spacial score (nSPS) is 41.3. The predicted molar refractivity (Wildman–Crippen MR) is 88.6 cm³/mol. The van der Waals surface area contributed by atoms with Crippen molar-refractivity contribution in [2.24, 2.45) is 23.0 Å². The molecule has 0 radical (unpaired) electrons. The Balaban J connectivity index is 1.46. The van der Waals surface area contributed by atoms with Crippen molar-refractivity contribution in [2.75, 3.05) is 0 Å². The van der Waals surface area contributed by atoms with Gasteiger partial charge in [0.15, 0.2) is 0 Å². The van der Waals surface area contributed by atoms with Gasteiger partial charge in [-0.2, -0.15) is 0 Å². The second-order valence-electron chi connectivity index (χ2n) is 7.75. The van der Waals surface area contributed by atoms with E-state index in [9.17, 15) is 4.79 Å². The topological polar surface area (TPSA) is 61.6 Å². The first-order chi connectivity index (χ1) is 10.9. The first-order valence-corrected chi connectivity index (χ1v) is 8.61. The summed E-state index contributed by atoms with van der Waals surface area (Å²) in [6.07, 6.45) is 3.80. The molecule has 0 aromatic heterocycles. The predicted octanol–water partition coefficient (Wildman–Crippen LogP) is 2.42. The van der Waals surface area contributed by atoms with Crippen LogP contribution in [0, 0.1) is 17.3 Å². The third-order valence-corrected chi connectivity index (χ3v) is 6.67. The first-order valence-electron chi connectivity index (χ1n) is 8.61. The molecule has 4 nitrogen and oxygen atoms in total. The molecule has 5 heteroatoms. The fraction of sp³-hybridized carbons (Fsp3) is 0.611. The molecule has 1 heterocycles. The van der Waals surface area contributed by atoms with Gasteiger partial charge in [-0.05, 0) is 44.0 Å². The van der Waals surface area contributed by atoms with Crippen LogP contribution < -0.4 is 5.73 Å². The van der Waals surface area contributed by atoms with Crippen LogP contribution in [0.5, 0.6) is 0 Å². The second-order valence-corrected chi connectivity index (χ2v) is 7.75. The average molecular weight is 313 g/mol. The van der Waals surface area contributed by atoms with E-state index in [1.54, 1.807) is 0 Å². The lowest BCUT2D eigenvalue weighted by molar-refractivity contribution is -0.207. The molecule has 2 N–H and O–H groups in total. The van der Waals surface area contributed by atoms with Crippen molar-refractivity contribution in [3.63, 3.8) is 0 Å². The lowest BCUT2D eigenvalue weighted by Gasteiger charge is -2.64. The van der Waals surface area contributed by atoms with E-state index in [2.05, 4.69) is 31.2 Å². The Bertz CT molecular complexity index is 624. The molecule has 3 aliphatic carbocycles. The highest BCUT2D eigenvalue weighted by molar-refractivity contribution is 6.45. The van der Waals surface area contributed by atoms with Crippen molar-refractivity contribution in [2.45, 2.75) is 51.1 Å². The molecule has 0 unspecified atom stereocenters.